The number of benzene rings is 1. The van der Waals surface area contributed by atoms with Crippen molar-refractivity contribution >= 4 is 5.96 Å². The summed E-state index contributed by atoms with van der Waals surface area (Å²) in [5, 5.41) is 9.52. The molecule has 1 rings (SSSR count). The zero-order valence-electron chi connectivity index (χ0n) is 9.97. The number of rotatable bonds is 6. The molecule has 0 saturated carbocycles. The highest BCUT2D eigenvalue weighted by Gasteiger charge is 2.04. The van der Waals surface area contributed by atoms with Crippen molar-refractivity contribution in [2.24, 2.45) is 16.5 Å². The van der Waals surface area contributed by atoms with E-state index < -0.39 is 6.10 Å². The lowest BCUT2D eigenvalue weighted by molar-refractivity contribution is 0.114. The molecular formula is C12H19N3O2. The molecule has 0 radical (unpaired) electrons. The molecule has 5 heteroatoms. The maximum Gasteiger partial charge on any atom is 0.186 e. The van der Waals surface area contributed by atoms with Crippen molar-refractivity contribution in [1.82, 2.24) is 0 Å². The first-order chi connectivity index (χ1) is 8.11. The van der Waals surface area contributed by atoms with Crippen LogP contribution in [0.25, 0.3) is 0 Å². The van der Waals surface area contributed by atoms with E-state index >= 15 is 0 Å². The first-order valence-corrected chi connectivity index (χ1v) is 5.57. The monoisotopic (exact) mass is 237 g/mol. The predicted molar refractivity (Wildman–Crippen MR) is 68.0 cm³/mol. The molecule has 94 valence electrons. The van der Waals surface area contributed by atoms with Crippen LogP contribution in [0.4, 0.5) is 0 Å². The summed E-state index contributed by atoms with van der Waals surface area (Å²) in [6.45, 7) is 2.41. The minimum absolute atomic E-state index is 0.0312. The Morgan fingerprint density at radius 2 is 2.00 bits per heavy atom. The van der Waals surface area contributed by atoms with Crippen molar-refractivity contribution in [3.8, 4) is 5.75 Å². The lowest BCUT2D eigenvalue weighted by Gasteiger charge is -2.10. The van der Waals surface area contributed by atoms with E-state index in [2.05, 4.69) is 11.9 Å². The molecule has 0 aliphatic heterocycles. The molecule has 0 amide bonds. The summed E-state index contributed by atoms with van der Waals surface area (Å²) >= 11 is 0. The van der Waals surface area contributed by atoms with Gasteiger partial charge in [-0.2, -0.15) is 0 Å². The summed E-state index contributed by atoms with van der Waals surface area (Å²) in [7, 11) is 0. The number of aliphatic hydroxyl groups is 1. The molecule has 0 fully saturated rings. The Morgan fingerprint density at radius 3 is 2.53 bits per heavy atom. The van der Waals surface area contributed by atoms with Gasteiger partial charge in [-0.05, 0) is 24.1 Å². The van der Waals surface area contributed by atoms with E-state index in [0.29, 0.717) is 0 Å². The first kappa shape index (κ1) is 13.3. The van der Waals surface area contributed by atoms with Crippen LogP contribution < -0.4 is 16.2 Å². The second-order valence-electron chi connectivity index (χ2n) is 3.73. The van der Waals surface area contributed by atoms with Crippen molar-refractivity contribution in [3.63, 3.8) is 0 Å². The highest BCUT2D eigenvalue weighted by molar-refractivity contribution is 5.75. The van der Waals surface area contributed by atoms with E-state index in [1.54, 1.807) is 0 Å². The lowest BCUT2D eigenvalue weighted by atomic mass is 10.2. The van der Waals surface area contributed by atoms with Gasteiger partial charge in [0.15, 0.2) is 5.96 Å². The van der Waals surface area contributed by atoms with E-state index in [0.717, 1.165) is 12.2 Å². The van der Waals surface area contributed by atoms with Crippen molar-refractivity contribution < 1.29 is 9.84 Å². The molecule has 5 nitrogen and oxygen atoms in total. The number of nitrogens with two attached hydrogens (primary N) is 2. The highest BCUT2D eigenvalue weighted by Crippen LogP contribution is 2.12. The van der Waals surface area contributed by atoms with Crippen molar-refractivity contribution in [2.75, 3.05) is 13.2 Å². The molecule has 0 spiro atoms. The number of ether oxygens (including phenoxy) is 1. The predicted octanol–water partition coefficient (Wildman–Crippen LogP) is 0.262. The van der Waals surface area contributed by atoms with Gasteiger partial charge in [0.1, 0.15) is 18.5 Å². The van der Waals surface area contributed by atoms with Crippen LogP contribution >= 0.6 is 0 Å². The minimum Gasteiger partial charge on any atom is -0.491 e. The van der Waals surface area contributed by atoms with Gasteiger partial charge in [-0.1, -0.05) is 19.1 Å². The van der Waals surface area contributed by atoms with Gasteiger partial charge in [0.05, 0.1) is 6.54 Å². The van der Waals surface area contributed by atoms with Gasteiger partial charge in [0.25, 0.3) is 0 Å². The van der Waals surface area contributed by atoms with Crippen LogP contribution in [0.3, 0.4) is 0 Å². The van der Waals surface area contributed by atoms with Gasteiger partial charge >= 0.3 is 0 Å². The second kappa shape index (κ2) is 6.75. The summed E-state index contributed by atoms with van der Waals surface area (Å²) in [6.07, 6.45) is 0.288. The highest BCUT2D eigenvalue weighted by atomic mass is 16.5. The Bertz CT molecular complexity index is 359. The smallest absolute Gasteiger partial charge is 0.186 e. The fraction of sp³-hybridized carbons (Fsp3) is 0.417. The third-order valence-corrected chi connectivity index (χ3v) is 2.26. The van der Waals surface area contributed by atoms with Gasteiger partial charge < -0.3 is 21.3 Å². The topological polar surface area (TPSA) is 93.9 Å². The second-order valence-corrected chi connectivity index (χ2v) is 3.73. The van der Waals surface area contributed by atoms with E-state index in [-0.39, 0.29) is 19.1 Å². The summed E-state index contributed by atoms with van der Waals surface area (Å²) in [5.41, 5.74) is 11.6. The number of guanidine groups is 1. The molecule has 1 aromatic carbocycles. The summed E-state index contributed by atoms with van der Waals surface area (Å²) in [4.78, 5) is 3.71. The van der Waals surface area contributed by atoms with E-state index in [4.69, 9.17) is 16.2 Å². The van der Waals surface area contributed by atoms with Crippen LogP contribution in [0.2, 0.25) is 0 Å². The van der Waals surface area contributed by atoms with Gasteiger partial charge in [0.2, 0.25) is 0 Å². The maximum absolute atomic E-state index is 9.52. The number of aryl methyl sites for hydroxylation is 1. The van der Waals surface area contributed by atoms with Gasteiger partial charge in [0, 0.05) is 0 Å². The van der Waals surface area contributed by atoms with Crippen LogP contribution in [0.15, 0.2) is 29.3 Å². The number of nitrogens with zero attached hydrogens (tertiary/aromatic N) is 1. The van der Waals surface area contributed by atoms with Crippen LogP contribution in [-0.2, 0) is 6.42 Å². The average Bonchev–Trinajstić information content (AvgIpc) is 2.34. The third-order valence-electron chi connectivity index (χ3n) is 2.26. The van der Waals surface area contributed by atoms with Crippen molar-refractivity contribution in [1.29, 1.82) is 0 Å². The lowest BCUT2D eigenvalue weighted by Crippen LogP contribution is -2.27. The summed E-state index contributed by atoms with van der Waals surface area (Å²) in [5.74, 6) is 0.697. The molecule has 17 heavy (non-hydrogen) atoms. The first-order valence-electron chi connectivity index (χ1n) is 5.57. The van der Waals surface area contributed by atoms with E-state index in [9.17, 15) is 5.11 Å². The zero-order valence-corrected chi connectivity index (χ0v) is 9.97. The molecule has 0 aliphatic carbocycles. The molecule has 0 aliphatic rings. The van der Waals surface area contributed by atoms with Gasteiger partial charge in [-0.25, -0.2) is 0 Å². The summed E-state index contributed by atoms with van der Waals surface area (Å²) < 4.78 is 5.40. The molecule has 5 N–H and O–H groups in total. The summed E-state index contributed by atoms with van der Waals surface area (Å²) in [6, 6.07) is 7.76. The number of hydrogen-bond acceptors (Lipinski definition) is 3. The Hall–Kier alpha value is -1.75. The number of aliphatic imine (C=N–C) groups is 1. The quantitative estimate of drug-likeness (QED) is 0.488. The van der Waals surface area contributed by atoms with Crippen molar-refractivity contribution in [2.45, 2.75) is 19.4 Å². The molecule has 1 atom stereocenters. The molecule has 0 aromatic heterocycles. The fourth-order valence-electron chi connectivity index (χ4n) is 1.28. The normalized spacial score (nSPS) is 11.9. The fourth-order valence-corrected chi connectivity index (χ4v) is 1.28. The van der Waals surface area contributed by atoms with Gasteiger partial charge in [-0.15, -0.1) is 0 Å². The van der Waals surface area contributed by atoms with E-state index in [1.165, 1.54) is 5.56 Å². The molecule has 0 bridgehead atoms. The molecule has 0 saturated heterocycles. The Morgan fingerprint density at radius 1 is 1.35 bits per heavy atom. The standard InChI is InChI=1S/C12H19N3O2/c1-2-9-3-5-11(6-4-9)17-8-10(16)7-15-12(13)14/h3-6,10,16H,2,7-8H2,1H3,(H4,13,14,15)/t10-/m0/s1. The van der Waals surface area contributed by atoms with Crippen LogP contribution in [0, 0.1) is 0 Å². The van der Waals surface area contributed by atoms with Crippen LogP contribution in [-0.4, -0.2) is 30.3 Å². The maximum atomic E-state index is 9.52. The average molecular weight is 237 g/mol. The Labute approximate surface area is 101 Å². The molecule has 0 heterocycles. The minimum atomic E-state index is -0.706. The van der Waals surface area contributed by atoms with E-state index in [1.807, 2.05) is 24.3 Å². The van der Waals surface area contributed by atoms with Crippen LogP contribution in [0.1, 0.15) is 12.5 Å². The number of hydrogen-bond donors (Lipinski definition) is 3. The zero-order chi connectivity index (χ0) is 12.7. The van der Waals surface area contributed by atoms with Gasteiger partial charge in [-0.3, -0.25) is 4.99 Å². The molecule has 1 aromatic rings. The largest absolute Gasteiger partial charge is 0.491 e. The van der Waals surface area contributed by atoms with Crippen molar-refractivity contribution in [3.05, 3.63) is 29.8 Å². The number of aliphatic hydroxyl groups excluding tert-OH is 1. The Kier molecular flexibility index (Phi) is 5.29. The third kappa shape index (κ3) is 5.21. The molecule has 0 unspecified atom stereocenters. The van der Waals surface area contributed by atoms with Crippen LogP contribution in [0.5, 0.6) is 5.75 Å². The Balaban J connectivity index is 2.36. The molecular weight excluding hydrogens is 218 g/mol. The SMILES string of the molecule is CCc1ccc(OC[C@@H](O)CN=C(N)N)cc1.